The number of carbonyl (C=O) groups excluding carboxylic acids is 1. The van der Waals surface area contributed by atoms with Crippen LogP contribution >= 0.6 is 0 Å². The molecule has 0 spiro atoms. The highest BCUT2D eigenvalue weighted by molar-refractivity contribution is 6.04. The minimum Gasteiger partial charge on any atom is -0.496 e. The van der Waals surface area contributed by atoms with E-state index in [2.05, 4.69) is 10.4 Å². The number of para-hydroxylation sites is 1. The molecule has 31 heavy (non-hydrogen) atoms. The summed E-state index contributed by atoms with van der Waals surface area (Å²) in [4.78, 5) is 27.2. The second kappa shape index (κ2) is 9.75. The molecule has 0 radical (unpaired) electrons. The van der Waals surface area contributed by atoms with Crippen molar-refractivity contribution in [1.29, 1.82) is 0 Å². The predicted octanol–water partition coefficient (Wildman–Crippen LogP) is 1.68. The van der Waals surface area contributed by atoms with Crippen molar-refractivity contribution in [3.05, 3.63) is 70.1 Å². The number of likely N-dealkylation sites (N-methyl/N-ethyl adjacent to an activating group) is 1. The lowest BCUT2D eigenvalue weighted by Gasteiger charge is -2.24. The van der Waals surface area contributed by atoms with Crippen LogP contribution in [-0.2, 0) is 6.54 Å². The Labute approximate surface area is 182 Å². The number of nitrogens with one attached hydrogen (secondary N) is 2. The van der Waals surface area contributed by atoms with E-state index in [0.717, 1.165) is 16.2 Å². The maximum absolute atomic E-state index is 13.2. The molecular formula is C24H31N4O3+. The van der Waals surface area contributed by atoms with Crippen LogP contribution in [0.2, 0.25) is 0 Å². The summed E-state index contributed by atoms with van der Waals surface area (Å²) >= 11 is 0. The van der Waals surface area contributed by atoms with Gasteiger partial charge in [-0.2, -0.15) is 5.10 Å². The van der Waals surface area contributed by atoms with Crippen LogP contribution in [0.15, 0.2) is 53.3 Å². The minimum atomic E-state index is -0.296. The van der Waals surface area contributed by atoms with Gasteiger partial charge in [-0.05, 0) is 24.1 Å². The van der Waals surface area contributed by atoms with Crippen LogP contribution in [0, 0.1) is 5.92 Å². The van der Waals surface area contributed by atoms with Crippen LogP contribution in [0.3, 0.4) is 0 Å². The Kier molecular flexibility index (Phi) is 7.07. The average molecular weight is 424 g/mol. The molecule has 2 aromatic carbocycles. The van der Waals surface area contributed by atoms with Gasteiger partial charge >= 0.3 is 0 Å². The van der Waals surface area contributed by atoms with Gasteiger partial charge < -0.3 is 15.0 Å². The Balaban J connectivity index is 1.94. The van der Waals surface area contributed by atoms with E-state index in [1.165, 1.54) is 4.68 Å². The molecule has 1 atom stereocenters. The Hall–Kier alpha value is -3.19. The van der Waals surface area contributed by atoms with Crippen molar-refractivity contribution >= 4 is 16.7 Å². The molecule has 1 amide bonds. The topological polar surface area (TPSA) is 77.7 Å². The van der Waals surface area contributed by atoms with E-state index in [0.29, 0.717) is 23.9 Å². The van der Waals surface area contributed by atoms with Crippen molar-refractivity contribution in [2.45, 2.75) is 26.4 Å². The van der Waals surface area contributed by atoms with Crippen molar-refractivity contribution < 1.29 is 14.4 Å². The van der Waals surface area contributed by atoms with E-state index < -0.39 is 0 Å². The van der Waals surface area contributed by atoms with Crippen LogP contribution < -0.4 is 20.5 Å². The molecule has 0 fully saturated rings. The van der Waals surface area contributed by atoms with Gasteiger partial charge in [0.1, 0.15) is 11.8 Å². The summed E-state index contributed by atoms with van der Waals surface area (Å²) in [6.45, 7) is 4.89. The monoisotopic (exact) mass is 423 g/mol. The number of carbonyl (C=O) groups is 1. The molecule has 2 N–H and O–H groups in total. The first kappa shape index (κ1) is 22.5. The quantitative estimate of drug-likeness (QED) is 0.578. The van der Waals surface area contributed by atoms with Gasteiger partial charge in [-0.3, -0.25) is 9.59 Å². The fraction of sp³-hybridized carbons (Fsp3) is 0.375. The number of aromatic nitrogens is 2. The lowest BCUT2D eigenvalue weighted by Crippen LogP contribution is -3.07. The molecule has 1 heterocycles. The third-order valence-electron chi connectivity index (χ3n) is 5.30. The van der Waals surface area contributed by atoms with Crippen LogP contribution in [0.1, 0.15) is 35.9 Å². The molecule has 1 aromatic heterocycles. The normalized spacial score (nSPS) is 12.4. The number of fused-ring (bicyclic) bond motifs is 1. The number of quaternary nitrogens is 1. The van der Waals surface area contributed by atoms with Gasteiger partial charge in [-0.1, -0.05) is 44.2 Å². The molecule has 0 saturated heterocycles. The SMILES string of the molecule is COc1ccccc1[C@@H](CNC(=O)c1nn(CC(C)C)c(=O)c2ccccc12)[NH+](C)C. The predicted molar refractivity (Wildman–Crippen MR) is 122 cm³/mol. The van der Waals surface area contributed by atoms with E-state index >= 15 is 0 Å². The van der Waals surface area contributed by atoms with Crippen LogP contribution in [0.25, 0.3) is 10.8 Å². The number of rotatable bonds is 8. The zero-order valence-electron chi connectivity index (χ0n) is 18.8. The molecule has 164 valence electrons. The molecule has 0 aliphatic rings. The van der Waals surface area contributed by atoms with Crippen LogP contribution in [0.5, 0.6) is 5.75 Å². The Bertz CT molecular complexity index is 1120. The zero-order chi connectivity index (χ0) is 22.5. The lowest BCUT2D eigenvalue weighted by molar-refractivity contribution is -0.890. The third kappa shape index (κ3) is 4.94. The highest BCUT2D eigenvalue weighted by Crippen LogP contribution is 2.22. The van der Waals surface area contributed by atoms with Gasteiger partial charge in [-0.15, -0.1) is 0 Å². The van der Waals surface area contributed by atoms with Gasteiger partial charge in [0.25, 0.3) is 11.5 Å². The summed E-state index contributed by atoms with van der Waals surface area (Å²) in [6.07, 6.45) is 0. The zero-order valence-corrected chi connectivity index (χ0v) is 18.8. The van der Waals surface area contributed by atoms with E-state index in [4.69, 9.17) is 4.74 Å². The molecule has 3 rings (SSSR count). The molecule has 0 unspecified atom stereocenters. The number of ether oxygens (including phenoxy) is 1. The van der Waals surface area contributed by atoms with E-state index in [-0.39, 0.29) is 29.1 Å². The minimum absolute atomic E-state index is 0.00654. The van der Waals surface area contributed by atoms with Crippen LogP contribution in [0.4, 0.5) is 0 Å². The number of hydrogen-bond acceptors (Lipinski definition) is 4. The fourth-order valence-corrected chi connectivity index (χ4v) is 3.73. The summed E-state index contributed by atoms with van der Waals surface area (Å²) in [7, 11) is 5.73. The molecule has 0 bridgehead atoms. The van der Waals surface area contributed by atoms with Gasteiger partial charge in [-0.25, -0.2) is 4.68 Å². The number of methoxy groups -OCH3 is 1. The first-order valence-corrected chi connectivity index (χ1v) is 10.5. The highest BCUT2D eigenvalue weighted by Gasteiger charge is 2.24. The Morgan fingerprint density at radius 2 is 1.74 bits per heavy atom. The molecule has 0 aliphatic heterocycles. The number of amides is 1. The van der Waals surface area contributed by atoms with Crippen LogP contribution in [-0.4, -0.2) is 43.4 Å². The second-order valence-corrected chi connectivity index (χ2v) is 8.36. The average Bonchev–Trinajstić information content (AvgIpc) is 2.75. The van der Waals surface area contributed by atoms with Gasteiger partial charge in [0.2, 0.25) is 0 Å². The Morgan fingerprint density at radius 1 is 1.10 bits per heavy atom. The molecule has 7 heteroatoms. The maximum atomic E-state index is 13.2. The summed E-state index contributed by atoms with van der Waals surface area (Å²) in [6, 6.07) is 15.0. The molecule has 3 aromatic rings. The number of hydrogen-bond donors (Lipinski definition) is 2. The highest BCUT2D eigenvalue weighted by atomic mass is 16.5. The largest absolute Gasteiger partial charge is 0.496 e. The van der Waals surface area contributed by atoms with Gasteiger partial charge in [0.15, 0.2) is 5.69 Å². The standard InChI is InChI=1S/C24H30N4O3/c1-16(2)15-28-24(30)18-11-7-6-10-17(18)22(26-28)23(29)25-14-20(27(3)4)19-12-8-9-13-21(19)31-5/h6-13,16,20H,14-15H2,1-5H3,(H,25,29)/p+1/t20-/m1/s1. The Morgan fingerprint density at radius 3 is 2.39 bits per heavy atom. The van der Waals surface area contributed by atoms with Crippen molar-refractivity contribution in [1.82, 2.24) is 15.1 Å². The molecular weight excluding hydrogens is 392 g/mol. The van der Waals surface area contributed by atoms with Gasteiger partial charge in [0.05, 0.1) is 38.7 Å². The third-order valence-corrected chi connectivity index (χ3v) is 5.30. The molecule has 7 nitrogen and oxygen atoms in total. The lowest BCUT2D eigenvalue weighted by atomic mass is 10.0. The first-order chi connectivity index (χ1) is 14.8. The smallest absolute Gasteiger partial charge is 0.274 e. The fourth-order valence-electron chi connectivity index (χ4n) is 3.73. The van der Waals surface area contributed by atoms with Crippen molar-refractivity contribution in [3.63, 3.8) is 0 Å². The van der Waals surface area contributed by atoms with Crippen molar-refractivity contribution in [3.8, 4) is 5.75 Å². The summed E-state index contributed by atoms with van der Waals surface area (Å²) < 4.78 is 6.91. The molecule has 0 saturated carbocycles. The van der Waals surface area contributed by atoms with Crippen molar-refractivity contribution in [2.75, 3.05) is 27.7 Å². The summed E-state index contributed by atoms with van der Waals surface area (Å²) in [5, 5.41) is 8.53. The summed E-state index contributed by atoms with van der Waals surface area (Å²) in [5.74, 6) is 0.724. The molecule has 0 aliphatic carbocycles. The number of nitrogens with zero attached hydrogens (tertiary/aromatic N) is 2. The van der Waals surface area contributed by atoms with Gasteiger partial charge in [0, 0.05) is 11.9 Å². The van der Waals surface area contributed by atoms with E-state index in [9.17, 15) is 9.59 Å². The maximum Gasteiger partial charge on any atom is 0.274 e. The number of benzene rings is 2. The summed E-state index contributed by atoms with van der Waals surface area (Å²) in [5.41, 5.74) is 1.11. The first-order valence-electron chi connectivity index (χ1n) is 10.5. The van der Waals surface area contributed by atoms with Crippen molar-refractivity contribution in [2.24, 2.45) is 5.92 Å². The van der Waals surface area contributed by atoms with E-state index in [1.54, 1.807) is 25.3 Å². The second-order valence-electron chi connectivity index (χ2n) is 8.36. The van der Waals surface area contributed by atoms with E-state index in [1.807, 2.05) is 58.3 Å².